The first-order valence-electron chi connectivity index (χ1n) is 8.43. The van der Waals surface area contributed by atoms with Crippen molar-refractivity contribution in [3.8, 4) is 11.1 Å². The Kier molecular flexibility index (Phi) is 7.17. The molecule has 7 heteroatoms. The van der Waals surface area contributed by atoms with Gasteiger partial charge in [-0.15, -0.1) is 0 Å². The summed E-state index contributed by atoms with van der Waals surface area (Å²) < 4.78 is 24.3. The van der Waals surface area contributed by atoms with Gasteiger partial charge in [0.25, 0.3) is 0 Å². The topological polar surface area (TPSA) is 78.5 Å². The van der Waals surface area contributed by atoms with Crippen LogP contribution in [-0.2, 0) is 16.6 Å². The standard InChI is InChI=1S/C19H25N3O3S/c1-22(19(23)20-13-6-14-21-26(2,24)25)15-16-9-11-18(12-10-16)17-7-4-3-5-8-17/h3-5,7-12,21H,6,13-15H2,1-2H3,(H,20,23). The van der Waals surface area contributed by atoms with Crippen molar-refractivity contribution in [3.63, 3.8) is 0 Å². The van der Waals surface area contributed by atoms with Crippen LogP contribution in [0.25, 0.3) is 11.1 Å². The highest BCUT2D eigenvalue weighted by atomic mass is 32.2. The van der Waals surface area contributed by atoms with Crippen molar-refractivity contribution in [2.24, 2.45) is 0 Å². The van der Waals surface area contributed by atoms with Gasteiger partial charge in [-0.1, -0.05) is 54.6 Å². The summed E-state index contributed by atoms with van der Waals surface area (Å²) in [6, 6.07) is 18.1. The number of benzene rings is 2. The maximum Gasteiger partial charge on any atom is 0.317 e. The summed E-state index contributed by atoms with van der Waals surface area (Å²) in [5.41, 5.74) is 3.34. The molecular weight excluding hydrogens is 350 g/mol. The van der Waals surface area contributed by atoms with E-state index in [1.165, 1.54) is 0 Å². The van der Waals surface area contributed by atoms with Crippen LogP contribution in [0.3, 0.4) is 0 Å². The molecule has 26 heavy (non-hydrogen) atoms. The van der Waals surface area contributed by atoms with E-state index in [1.807, 2.05) is 42.5 Å². The van der Waals surface area contributed by atoms with Crippen LogP contribution in [0, 0.1) is 0 Å². The van der Waals surface area contributed by atoms with E-state index in [0.29, 0.717) is 26.1 Å². The summed E-state index contributed by atoms with van der Waals surface area (Å²) >= 11 is 0. The lowest BCUT2D eigenvalue weighted by atomic mass is 10.0. The van der Waals surface area contributed by atoms with Gasteiger partial charge in [0.1, 0.15) is 0 Å². The first-order valence-corrected chi connectivity index (χ1v) is 10.3. The normalized spacial score (nSPS) is 11.2. The molecule has 0 aliphatic carbocycles. The number of nitrogens with one attached hydrogen (secondary N) is 2. The van der Waals surface area contributed by atoms with E-state index in [9.17, 15) is 13.2 Å². The van der Waals surface area contributed by atoms with Crippen LogP contribution in [0.5, 0.6) is 0 Å². The third-order valence-corrected chi connectivity index (χ3v) is 4.55. The second-order valence-electron chi connectivity index (χ2n) is 6.17. The largest absolute Gasteiger partial charge is 0.338 e. The van der Waals surface area contributed by atoms with Crippen molar-refractivity contribution < 1.29 is 13.2 Å². The number of hydrogen-bond acceptors (Lipinski definition) is 3. The molecule has 0 fully saturated rings. The van der Waals surface area contributed by atoms with Gasteiger partial charge >= 0.3 is 6.03 Å². The summed E-state index contributed by atoms with van der Waals surface area (Å²) in [5, 5.41) is 2.78. The third-order valence-electron chi connectivity index (χ3n) is 3.82. The fourth-order valence-corrected chi connectivity index (χ4v) is 2.97. The zero-order chi connectivity index (χ0) is 19.0. The molecule has 0 heterocycles. The number of carbonyl (C=O) groups is 1. The second-order valence-corrected chi connectivity index (χ2v) is 8.00. The summed E-state index contributed by atoms with van der Waals surface area (Å²) in [6.45, 7) is 1.23. The van der Waals surface area contributed by atoms with Gasteiger partial charge in [-0.25, -0.2) is 17.9 Å². The summed E-state index contributed by atoms with van der Waals surface area (Å²) in [6.07, 6.45) is 1.65. The molecule has 0 radical (unpaired) electrons. The van der Waals surface area contributed by atoms with Crippen molar-refractivity contribution >= 4 is 16.1 Å². The van der Waals surface area contributed by atoms with Crippen LogP contribution in [0.15, 0.2) is 54.6 Å². The minimum Gasteiger partial charge on any atom is -0.338 e. The summed E-state index contributed by atoms with van der Waals surface area (Å²) in [5.74, 6) is 0. The van der Waals surface area contributed by atoms with E-state index in [-0.39, 0.29) is 6.03 Å². The molecule has 0 aliphatic rings. The zero-order valence-corrected chi connectivity index (χ0v) is 15.9. The van der Waals surface area contributed by atoms with Crippen LogP contribution in [0.2, 0.25) is 0 Å². The van der Waals surface area contributed by atoms with Gasteiger partial charge in [0.2, 0.25) is 10.0 Å². The van der Waals surface area contributed by atoms with Crippen LogP contribution < -0.4 is 10.0 Å². The van der Waals surface area contributed by atoms with Gasteiger partial charge in [0.05, 0.1) is 6.26 Å². The van der Waals surface area contributed by atoms with Crippen molar-refractivity contribution in [1.29, 1.82) is 0 Å². The smallest absolute Gasteiger partial charge is 0.317 e. The van der Waals surface area contributed by atoms with Crippen LogP contribution in [0.4, 0.5) is 4.79 Å². The molecule has 0 saturated heterocycles. The Morgan fingerprint density at radius 3 is 2.19 bits per heavy atom. The molecule has 2 N–H and O–H groups in total. The molecule has 2 aromatic rings. The Bertz CT molecular complexity index is 806. The molecule has 0 aromatic heterocycles. The lowest BCUT2D eigenvalue weighted by molar-refractivity contribution is 0.207. The Hall–Kier alpha value is -2.38. The SMILES string of the molecule is CN(Cc1ccc(-c2ccccc2)cc1)C(=O)NCCCNS(C)(=O)=O. The van der Waals surface area contributed by atoms with E-state index < -0.39 is 10.0 Å². The average Bonchev–Trinajstić information content (AvgIpc) is 2.61. The number of rotatable bonds is 8. The molecular formula is C19H25N3O3S. The van der Waals surface area contributed by atoms with Crippen LogP contribution >= 0.6 is 0 Å². The van der Waals surface area contributed by atoms with Gasteiger partial charge in [-0.2, -0.15) is 0 Å². The number of sulfonamides is 1. The molecule has 2 rings (SSSR count). The highest BCUT2D eigenvalue weighted by molar-refractivity contribution is 7.88. The Morgan fingerprint density at radius 2 is 1.58 bits per heavy atom. The highest BCUT2D eigenvalue weighted by Crippen LogP contribution is 2.19. The molecule has 0 spiro atoms. The predicted octanol–water partition coefficient (Wildman–Crippen LogP) is 2.43. The first-order chi connectivity index (χ1) is 12.3. The van der Waals surface area contributed by atoms with Gasteiger partial charge in [-0.05, 0) is 23.1 Å². The van der Waals surface area contributed by atoms with Crippen LogP contribution in [0.1, 0.15) is 12.0 Å². The number of amides is 2. The molecule has 6 nitrogen and oxygen atoms in total. The Balaban J connectivity index is 1.78. The maximum absolute atomic E-state index is 12.1. The van der Waals surface area contributed by atoms with Crippen molar-refractivity contribution in [3.05, 3.63) is 60.2 Å². The van der Waals surface area contributed by atoms with Gasteiger partial charge in [0, 0.05) is 26.7 Å². The van der Waals surface area contributed by atoms with Gasteiger partial charge < -0.3 is 10.2 Å². The third kappa shape index (κ3) is 6.85. The van der Waals surface area contributed by atoms with Crippen molar-refractivity contribution in [2.75, 3.05) is 26.4 Å². The molecule has 140 valence electrons. The number of carbonyl (C=O) groups excluding carboxylic acids is 1. The van der Waals surface area contributed by atoms with Gasteiger partial charge in [0.15, 0.2) is 0 Å². The molecule has 0 bridgehead atoms. The van der Waals surface area contributed by atoms with Crippen molar-refractivity contribution in [1.82, 2.24) is 14.9 Å². The summed E-state index contributed by atoms with van der Waals surface area (Å²) in [4.78, 5) is 13.7. The maximum atomic E-state index is 12.1. The van der Waals surface area contributed by atoms with E-state index in [2.05, 4.69) is 22.2 Å². The average molecular weight is 375 g/mol. The first kappa shape index (κ1) is 19.9. The quantitative estimate of drug-likeness (QED) is 0.696. The Labute approximate surface area is 155 Å². The second kappa shape index (κ2) is 9.35. The molecule has 0 saturated carbocycles. The Morgan fingerprint density at radius 1 is 0.962 bits per heavy atom. The predicted molar refractivity (Wildman–Crippen MR) is 104 cm³/mol. The molecule has 0 atom stereocenters. The minimum absolute atomic E-state index is 0.184. The molecule has 2 aromatic carbocycles. The van der Waals surface area contributed by atoms with Crippen molar-refractivity contribution in [2.45, 2.75) is 13.0 Å². The van der Waals surface area contributed by atoms with E-state index in [0.717, 1.165) is 22.9 Å². The fraction of sp³-hybridized carbons (Fsp3) is 0.316. The number of urea groups is 1. The molecule has 0 unspecified atom stereocenters. The zero-order valence-electron chi connectivity index (χ0n) is 15.1. The lowest BCUT2D eigenvalue weighted by Gasteiger charge is -2.18. The number of hydrogen-bond donors (Lipinski definition) is 2. The van der Waals surface area contributed by atoms with Crippen LogP contribution in [-0.4, -0.2) is 45.7 Å². The van der Waals surface area contributed by atoms with Gasteiger partial charge in [-0.3, -0.25) is 0 Å². The van der Waals surface area contributed by atoms with E-state index in [1.54, 1.807) is 11.9 Å². The molecule has 0 aliphatic heterocycles. The fourth-order valence-electron chi connectivity index (χ4n) is 2.46. The number of nitrogens with zero attached hydrogens (tertiary/aromatic N) is 1. The minimum atomic E-state index is -3.18. The monoisotopic (exact) mass is 375 g/mol. The van der Waals surface area contributed by atoms with E-state index >= 15 is 0 Å². The lowest BCUT2D eigenvalue weighted by Crippen LogP contribution is -2.38. The highest BCUT2D eigenvalue weighted by Gasteiger charge is 2.09. The summed E-state index contributed by atoms with van der Waals surface area (Å²) in [7, 11) is -1.45. The van der Waals surface area contributed by atoms with E-state index in [4.69, 9.17) is 0 Å². The molecule has 2 amide bonds.